The van der Waals surface area contributed by atoms with E-state index >= 15 is 0 Å². The Morgan fingerprint density at radius 2 is 1.65 bits per heavy atom. The maximum Gasteiger partial charge on any atom is 0.329 e. The second-order valence-electron chi connectivity index (χ2n) is 7.84. The zero-order valence-corrected chi connectivity index (χ0v) is 18.3. The number of imidazole rings is 1. The summed E-state index contributed by atoms with van der Waals surface area (Å²) in [5, 5.41) is 0. The third kappa shape index (κ3) is 4.31. The normalized spacial score (nSPS) is 14.6. The molecule has 7 nitrogen and oxygen atoms in total. The lowest BCUT2D eigenvalue weighted by atomic mass is 10.2. The van der Waals surface area contributed by atoms with Crippen LogP contribution in [-0.2, 0) is 17.9 Å². The van der Waals surface area contributed by atoms with Crippen LogP contribution in [0.4, 0.5) is 5.69 Å². The maximum atomic E-state index is 12.9. The van der Waals surface area contributed by atoms with Crippen LogP contribution in [-0.4, -0.2) is 53.2 Å². The molecule has 0 saturated carbocycles. The van der Waals surface area contributed by atoms with E-state index in [1.54, 1.807) is 16.2 Å². The highest BCUT2D eigenvalue weighted by Gasteiger charge is 2.20. The van der Waals surface area contributed by atoms with E-state index in [0.29, 0.717) is 26.1 Å². The number of aromatic nitrogens is 2. The van der Waals surface area contributed by atoms with Crippen LogP contribution < -0.4 is 15.3 Å². The summed E-state index contributed by atoms with van der Waals surface area (Å²) in [6.45, 7) is 6.15. The largest absolute Gasteiger partial charge is 0.497 e. The SMILES string of the molecule is CCn1c(=O)n(CCC(=O)N2CCCN(c3ccc(OC)cc3)CC2)c2ccccc21. The Bertz CT molecular complexity index is 1100. The number of anilines is 1. The summed E-state index contributed by atoms with van der Waals surface area (Å²) in [7, 11) is 1.67. The summed E-state index contributed by atoms with van der Waals surface area (Å²) < 4.78 is 8.74. The molecule has 7 heteroatoms. The minimum Gasteiger partial charge on any atom is -0.497 e. The number of rotatable bonds is 6. The molecule has 0 radical (unpaired) electrons. The van der Waals surface area contributed by atoms with Crippen LogP contribution in [0.3, 0.4) is 0 Å². The molecular weight excluding hydrogens is 392 g/mol. The molecule has 1 saturated heterocycles. The van der Waals surface area contributed by atoms with Crippen molar-refractivity contribution in [3.05, 3.63) is 59.0 Å². The van der Waals surface area contributed by atoms with Gasteiger partial charge in [0.15, 0.2) is 0 Å². The number of aryl methyl sites for hydroxylation is 2. The number of carbonyl (C=O) groups excluding carboxylic acids is 1. The Labute approximate surface area is 182 Å². The van der Waals surface area contributed by atoms with E-state index in [9.17, 15) is 9.59 Å². The number of para-hydroxylation sites is 2. The average Bonchev–Trinajstić information content (AvgIpc) is 2.94. The molecule has 0 bridgehead atoms. The number of methoxy groups -OCH3 is 1. The van der Waals surface area contributed by atoms with Crippen molar-refractivity contribution in [2.45, 2.75) is 32.9 Å². The molecule has 0 spiro atoms. The monoisotopic (exact) mass is 422 g/mol. The molecule has 2 heterocycles. The van der Waals surface area contributed by atoms with Gasteiger partial charge in [-0.05, 0) is 49.7 Å². The molecule has 3 aromatic rings. The number of fused-ring (bicyclic) bond motifs is 1. The highest BCUT2D eigenvalue weighted by molar-refractivity contribution is 5.78. The summed E-state index contributed by atoms with van der Waals surface area (Å²) in [6, 6.07) is 15.8. The molecule has 31 heavy (non-hydrogen) atoms. The van der Waals surface area contributed by atoms with Gasteiger partial charge in [0.05, 0.1) is 18.1 Å². The second-order valence-corrected chi connectivity index (χ2v) is 7.84. The van der Waals surface area contributed by atoms with Gasteiger partial charge in [0, 0.05) is 51.4 Å². The van der Waals surface area contributed by atoms with E-state index in [4.69, 9.17) is 4.74 Å². The number of hydrogen-bond acceptors (Lipinski definition) is 4. The lowest BCUT2D eigenvalue weighted by Crippen LogP contribution is -2.36. The summed E-state index contributed by atoms with van der Waals surface area (Å²) in [5.41, 5.74) is 2.92. The highest BCUT2D eigenvalue weighted by Crippen LogP contribution is 2.21. The molecule has 1 amide bonds. The molecule has 4 rings (SSSR count). The van der Waals surface area contributed by atoms with Gasteiger partial charge in [-0.2, -0.15) is 0 Å². The Kier molecular flexibility index (Phi) is 6.30. The van der Waals surface area contributed by atoms with Gasteiger partial charge in [-0.15, -0.1) is 0 Å². The van der Waals surface area contributed by atoms with E-state index < -0.39 is 0 Å². The average molecular weight is 423 g/mol. The highest BCUT2D eigenvalue weighted by atomic mass is 16.5. The third-order valence-electron chi connectivity index (χ3n) is 6.08. The number of amides is 1. The molecule has 164 valence electrons. The molecule has 1 aliphatic rings. The van der Waals surface area contributed by atoms with Crippen molar-refractivity contribution in [3.8, 4) is 5.75 Å². The first-order chi connectivity index (χ1) is 15.1. The Balaban J connectivity index is 1.40. The van der Waals surface area contributed by atoms with Gasteiger partial charge in [-0.3, -0.25) is 13.9 Å². The minimum atomic E-state index is -0.0435. The maximum absolute atomic E-state index is 12.9. The lowest BCUT2D eigenvalue weighted by Gasteiger charge is -2.24. The fraction of sp³-hybridized carbons (Fsp3) is 0.417. The number of nitrogens with zero attached hydrogens (tertiary/aromatic N) is 4. The van der Waals surface area contributed by atoms with Crippen molar-refractivity contribution >= 4 is 22.6 Å². The van der Waals surface area contributed by atoms with Crippen LogP contribution in [0.5, 0.6) is 5.75 Å². The molecule has 2 aromatic carbocycles. The van der Waals surface area contributed by atoms with Crippen LogP contribution >= 0.6 is 0 Å². The van der Waals surface area contributed by atoms with Gasteiger partial charge in [0.1, 0.15) is 5.75 Å². The van der Waals surface area contributed by atoms with Crippen LogP contribution in [0.15, 0.2) is 53.3 Å². The Hall–Kier alpha value is -3.22. The van der Waals surface area contributed by atoms with E-state index in [-0.39, 0.29) is 11.6 Å². The molecule has 0 unspecified atom stereocenters. The summed E-state index contributed by atoms with van der Waals surface area (Å²) in [5.74, 6) is 0.951. The number of benzene rings is 2. The predicted molar refractivity (Wildman–Crippen MR) is 123 cm³/mol. The smallest absolute Gasteiger partial charge is 0.329 e. The Morgan fingerprint density at radius 1 is 0.935 bits per heavy atom. The summed E-state index contributed by atoms with van der Waals surface area (Å²) >= 11 is 0. The quantitative estimate of drug-likeness (QED) is 0.613. The van der Waals surface area contributed by atoms with Crippen LogP contribution in [0.2, 0.25) is 0 Å². The molecular formula is C24H30N4O3. The minimum absolute atomic E-state index is 0.0435. The summed E-state index contributed by atoms with van der Waals surface area (Å²) in [6.07, 6.45) is 1.26. The first-order valence-corrected chi connectivity index (χ1v) is 11.0. The van der Waals surface area contributed by atoms with Crippen molar-refractivity contribution in [1.29, 1.82) is 0 Å². The van der Waals surface area contributed by atoms with Crippen LogP contribution in [0, 0.1) is 0 Å². The summed E-state index contributed by atoms with van der Waals surface area (Å²) in [4.78, 5) is 30.0. The van der Waals surface area contributed by atoms with Gasteiger partial charge >= 0.3 is 5.69 Å². The standard InChI is InChI=1S/C24H30N4O3/c1-3-27-21-7-4-5-8-22(21)28(24(27)30)16-13-23(29)26-15-6-14-25(17-18-26)19-9-11-20(31-2)12-10-19/h4-5,7-12H,3,6,13-18H2,1-2H3. The molecule has 0 N–H and O–H groups in total. The van der Waals surface area contributed by atoms with Crippen molar-refractivity contribution < 1.29 is 9.53 Å². The Morgan fingerprint density at radius 3 is 2.32 bits per heavy atom. The van der Waals surface area contributed by atoms with E-state index in [1.165, 1.54) is 0 Å². The molecule has 1 aromatic heterocycles. The van der Waals surface area contributed by atoms with Gasteiger partial charge in [-0.25, -0.2) is 4.79 Å². The van der Waals surface area contributed by atoms with E-state index in [0.717, 1.165) is 48.5 Å². The van der Waals surface area contributed by atoms with Crippen LogP contribution in [0.25, 0.3) is 11.0 Å². The van der Waals surface area contributed by atoms with Gasteiger partial charge < -0.3 is 14.5 Å². The van der Waals surface area contributed by atoms with Gasteiger partial charge in [0.25, 0.3) is 0 Å². The fourth-order valence-electron chi connectivity index (χ4n) is 4.38. The molecule has 0 atom stereocenters. The first-order valence-electron chi connectivity index (χ1n) is 11.0. The van der Waals surface area contributed by atoms with Crippen molar-refractivity contribution in [2.24, 2.45) is 0 Å². The van der Waals surface area contributed by atoms with E-state index in [1.807, 2.05) is 48.2 Å². The van der Waals surface area contributed by atoms with Crippen molar-refractivity contribution in [2.75, 3.05) is 38.2 Å². The predicted octanol–water partition coefficient (Wildman–Crippen LogP) is 2.96. The van der Waals surface area contributed by atoms with Crippen LogP contribution in [0.1, 0.15) is 19.8 Å². The number of ether oxygens (including phenoxy) is 1. The zero-order chi connectivity index (χ0) is 21.8. The molecule has 1 aliphatic heterocycles. The molecule has 0 aliphatic carbocycles. The van der Waals surface area contributed by atoms with Gasteiger partial charge in [-0.1, -0.05) is 12.1 Å². The third-order valence-corrected chi connectivity index (χ3v) is 6.08. The molecule has 1 fully saturated rings. The van der Waals surface area contributed by atoms with Crippen molar-refractivity contribution in [3.63, 3.8) is 0 Å². The number of carbonyl (C=O) groups is 1. The fourth-order valence-corrected chi connectivity index (χ4v) is 4.38. The second kappa shape index (κ2) is 9.29. The first kappa shape index (κ1) is 21.0. The van der Waals surface area contributed by atoms with Crippen molar-refractivity contribution in [1.82, 2.24) is 14.0 Å². The van der Waals surface area contributed by atoms with Gasteiger partial charge in [0.2, 0.25) is 5.91 Å². The topological polar surface area (TPSA) is 59.7 Å². The number of hydrogen-bond donors (Lipinski definition) is 0. The lowest BCUT2D eigenvalue weighted by molar-refractivity contribution is -0.131. The van der Waals surface area contributed by atoms with E-state index in [2.05, 4.69) is 17.0 Å². The zero-order valence-electron chi connectivity index (χ0n) is 18.3.